The van der Waals surface area contributed by atoms with Gasteiger partial charge in [0, 0.05) is 7.05 Å². The molecule has 0 radical (unpaired) electrons. The van der Waals surface area contributed by atoms with E-state index in [0.717, 1.165) is 11.3 Å². The van der Waals surface area contributed by atoms with Crippen molar-refractivity contribution < 1.29 is 9.53 Å². The lowest BCUT2D eigenvalue weighted by atomic mass is 10.1. The number of carbonyl (C=O) groups is 1. The Hall–Kier alpha value is -3.95. The van der Waals surface area contributed by atoms with Crippen LogP contribution in [-0.4, -0.2) is 23.0 Å². The Kier molecular flexibility index (Phi) is 5.29. The van der Waals surface area contributed by atoms with Gasteiger partial charge >= 0.3 is 0 Å². The summed E-state index contributed by atoms with van der Waals surface area (Å²) in [6, 6.07) is 25.8. The maximum absolute atomic E-state index is 13.1. The van der Waals surface area contributed by atoms with E-state index < -0.39 is 0 Å². The van der Waals surface area contributed by atoms with Crippen molar-refractivity contribution in [3.8, 4) is 17.6 Å². The van der Waals surface area contributed by atoms with Gasteiger partial charge in [-0.25, -0.2) is 0 Å². The van der Waals surface area contributed by atoms with Gasteiger partial charge in [-0.3, -0.25) is 9.69 Å². The maximum atomic E-state index is 13.1. The first kappa shape index (κ1) is 19.4. The Balaban J connectivity index is 1.57. The number of hydrogen-bond acceptors (Lipinski definition) is 4. The molecule has 0 unspecified atom stereocenters. The maximum Gasteiger partial charge on any atom is 0.281 e. The molecule has 0 spiro atoms. The molecule has 30 heavy (non-hydrogen) atoms. The number of rotatable bonds is 4. The normalized spacial score (nSPS) is 14.9. The van der Waals surface area contributed by atoms with E-state index in [1.54, 1.807) is 66.6 Å². The molecule has 0 N–H and O–H groups in total. The van der Waals surface area contributed by atoms with E-state index in [4.69, 9.17) is 22.2 Å². The molecule has 1 saturated heterocycles. The molecular formula is C24H17N3O2S. The highest BCUT2D eigenvalue weighted by Crippen LogP contribution is 2.30. The largest absolute Gasteiger partial charge is 0.457 e. The zero-order chi connectivity index (χ0) is 21.1. The molecule has 1 amide bonds. The van der Waals surface area contributed by atoms with Crippen LogP contribution >= 0.6 is 12.2 Å². The zero-order valence-corrected chi connectivity index (χ0v) is 17.0. The fraction of sp³-hybridized carbons (Fsp3) is 0.0417. The van der Waals surface area contributed by atoms with Crippen molar-refractivity contribution in [1.29, 1.82) is 5.26 Å². The van der Waals surface area contributed by atoms with Gasteiger partial charge in [0.1, 0.15) is 17.2 Å². The molecule has 0 bridgehead atoms. The van der Waals surface area contributed by atoms with E-state index in [0.29, 0.717) is 27.8 Å². The number of thiocarbonyl (C=S) groups is 1. The third-order valence-electron chi connectivity index (χ3n) is 4.68. The second-order valence-electron chi connectivity index (χ2n) is 6.65. The molecular weight excluding hydrogens is 394 g/mol. The van der Waals surface area contributed by atoms with E-state index >= 15 is 0 Å². The Morgan fingerprint density at radius 2 is 1.57 bits per heavy atom. The van der Waals surface area contributed by atoms with Gasteiger partial charge in [0.05, 0.1) is 17.3 Å². The molecule has 3 aromatic rings. The number of carbonyl (C=O) groups excluding carboxylic acids is 1. The molecule has 1 heterocycles. The van der Waals surface area contributed by atoms with Gasteiger partial charge in [-0.2, -0.15) is 5.26 Å². The Morgan fingerprint density at radius 1 is 0.933 bits per heavy atom. The molecule has 146 valence electrons. The van der Waals surface area contributed by atoms with Gasteiger partial charge in [-0.05, 0) is 72.4 Å². The lowest BCUT2D eigenvalue weighted by Gasteiger charge is -2.17. The van der Waals surface area contributed by atoms with Crippen LogP contribution in [0.15, 0.2) is 84.6 Å². The molecule has 0 atom stereocenters. The van der Waals surface area contributed by atoms with Gasteiger partial charge in [0.25, 0.3) is 5.91 Å². The fourth-order valence-electron chi connectivity index (χ4n) is 3.08. The first-order valence-corrected chi connectivity index (χ1v) is 9.64. The van der Waals surface area contributed by atoms with Gasteiger partial charge in [0.2, 0.25) is 0 Å². The van der Waals surface area contributed by atoms with Crippen molar-refractivity contribution in [3.05, 3.63) is 95.7 Å². The molecule has 4 rings (SSSR count). The van der Waals surface area contributed by atoms with Gasteiger partial charge in [-0.15, -0.1) is 0 Å². The molecule has 1 aliphatic heterocycles. The van der Waals surface area contributed by atoms with Gasteiger partial charge < -0.3 is 9.64 Å². The number of nitriles is 1. The molecule has 0 saturated carbocycles. The van der Waals surface area contributed by atoms with Crippen molar-refractivity contribution in [2.75, 3.05) is 11.9 Å². The van der Waals surface area contributed by atoms with Crippen LogP contribution in [0.5, 0.6) is 11.5 Å². The molecule has 5 nitrogen and oxygen atoms in total. The summed E-state index contributed by atoms with van der Waals surface area (Å²) in [4.78, 5) is 16.3. The van der Waals surface area contributed by atoms with Crippen LogP contribution in [0.2, 0.25) is 0 Å². The SMILES string of the molecule is CN1C(=S)N(c2ccc(Oc3ccccc3)cc2)C(=O)C1=Cc1ccc(C#N)cc1. The number of hydrogen-bond donors (Lipinski definition) is 0. The van der Waals surface area contributed by atoms with Crippen LogP contribution in [-0.2, 0) is 4.79 Å². The predicted octanol–water partition coefficient (Wildman–Crippen LogP) is 4.95. The standard InChI is InChI=1S/C24H17N3O2S/c1-26-22(15-17-7-9-18(16-25)10-8-17)23(28)27(24(26)30)19-11-13-21(14-12-19)29-20-5-3-2-4-6-20/h2-15H,1H3. The number of anilines is 1. The smallest absolute Gasteiger partial charge is 0.281 e. The number of benzene rings is 3. The quantitative estimate of drug-likeness (QED) is 0.449. The number of amides is 1. The third-order valence-corrected chi connectivity index (χ3v) is 5.14. The Bertz CT molecular complexity index is 1160. The second kappa shape index (κ2) is 8.19. The minimum absolute atomic E-state index is 0.205. The zero-order valence-electron chi connectivity index (χ0n) is 16.1. The van der Waals surface area contributed by atoms with E-state index in [2.05, 4.69) is 6.07 Å². The van der Waals surface area contributed by atoms with E-state index in [-0.39, 0.29) is 5.91 Å². The third kappa shape index (κ3) is 3.79. The molecule has 1 aliphatic rings. The monoisotopic (exact) mass is 411 g/mol. The highest BCUT2D eigenvalue weighted by Gasteiger charge is 2.36. The first-order valence-electron chi connectivity index (χ1n) is 9.24. The van der Waals surface area contributed by atoms with Crippen LogP contribution in [0, 0.1) is 11.3 Å². The van der Waals surface area contributed by atoms with E-state index in [1.807, 2.05) is 30.3 Å². The predicted molar refractivity (Wildman–Crippen MR) is 120 cm³/mol. The highest BCUT2D eigenvalue weighted by atomic mass is 32.1. The van der Waals surface area contributed by atoms with Crippen LogP contribution in [0.3, 0.4) is 0 Å². The van der Waals surface area contributed by atoms with Crippen LogP contribution in [0.25, 0.3) is 6.08 Å². The highest BCUT2D eigenvalue weighted by molar-refractivity contribution is 7.80. The number of likely N-dealkylation sites (N-methyl/N-ethyl adjacent to an activating group) is 1. The van der Waals surface area contributed by atoms with Crippen LogP contribution in [0.4, 0.5) is 5.69 Å². The van der Waals surface area contributed by atoms with E-state index in [9.17, 15) is 4.79 Å². The summed E-state index contributed by atoms with van der Waals surface area (Å²) in [6.07, 6.45) is 1.77. The van der Waals surface area contributed by atoms with E-state index in [1.165, 1.54) is 4.90 Å². The fourth-order valence-corrected chi connectivity index (χ4v) is 3.37. The summed E-state index contributed by atoms with van der Waals surface area (Å²) in [5, 5.41) is 9.33. The number of para-hydroxylation sites is 1. The van der Waals surface area contributed by atoms with Crippen LogP contribution in [0.1, 0.15) is 11.1 Å². The van der Waals surface area contributed by atoms with Crippen molar-refractivity contribution in [3.63, 3.8) is 0 Å². The minimum atomic E-state index is -0.205. The molecule has 3 aromatic carbocycles. The molecule has 6 heteroatoms. The molecule has 0 aliphatic carbocycles. The lowest BCUT2D eigenvalue weighted by molar-refractivity contribution is -0.114. The summed E-state index contributed by atoms with van der Waals surface area (Å²) < 4.78 is 5.81. The lowest BCUT2D eigenvalue weighted by Crippen LogP contribution is -2.31. The molecule has 1 fully saturated rings. The summed E-state index contributed by atoms with van der Waals surface area (Å²) in [5.74, 6) is 1.21. The minimum Gasteiger partial charge on any atom is -0.457 e. The first-order chi connectivity index (χ1) is 14.6. The average molecular weight is 411 g/mol. The summed E-state index contributed by atoms with van der Waals surface area (Å²) >= 11 is 5.51. The van der Waals surface area contributed by atoms with Crippen molar-refractivity contribution in [2.24, 2.45) is 0 Å². The average Bonchev–Trinajstić information content (AvgIpc) is 2.99. The topological polar surface area (TPSA) is 56.6 Å². The summed E-state index contributed by atoms with van der Waals surface area (Å²) in [6.45, 7) is 0. The Labute approximate surface area is 180 Å². The summed E-state index contributed by atoms with van der Waals surface area (Å²) in [7, 11) is 1.77. The number of ether oxygens (including phenoxy) is 1. The van der Waals surface area contributed by atoms with Crippen molar-refractivity contribution >= 4 is 35.0 Å². The molecule has 0 aromatic heterocycles. The van der Waals surface area contributed by atoms with Crippen LogP contribution < -0.4 is 9.64 Å². The number of nitrogens with zero attached hydrogens (tertiary/aromatic N) is 3. The second-order valence-corrected chi connectivity index (χ2v) is 7.02. The van der Waals surface area contributed by atoms with Crippen molar-refractivity contribution in [2.45, 2.75) is 0 Å². The van der Waals surface area contributed by atoms with Gasteiger partial charge in [-0.1, -0.05) is 30.3 Å². The van der Waals surface area contributed by atoms with Crippen molar-refractivity contribution in [1.82, 2.24) is 4.90 Å². The Morgan fingerprint density at radius 3 is 2.20 bits per heavy atom. The van der Waals surface area contributed by atoms with Gasteiger partial charge in [0.15, 0.2) is 5.11 Å². The summed E-state index contributed by atoms with van der Waals surface area (Å²) in [5.41, 5.74) is 2.52.